The summed E-state index contributed by atoms with van der Waals surface area (Å²) >= 11 is 0. The maximum Gasteiger partial charge on any atom is 0.416 e. The first-order valence-electron chi connectivity index (χ1n) is 8.37. The quantitative estimate of drug-likeness (QED) is 0.379. The van der Waals surface area contributed by atoms with E-state index in [0.29, 0.717) is 22.9 Å². The lowest BCUT2D eigenvalue weighted by atomic mass is 10.0. The number of hydrogen-bond acceptors (Lipinski definition) is 6. The van der Waals surface area contributed by atoms with Gasteiger partial charge in [-0.15, -0.1) is 0 Å². The molecule has 0 spiro atoms. The van der Waals surface area contributed by atoms with Crippen LogP contribution in [0.4, 0.5) is 26.3 Å². The molecule has 13 heteroatoms. The van der Waals surface area contributed by atoms with Gasteiger partial charge in [0.15, 0.2) is 6.29 Å². The SMILES string of the molecule is COC(=O)c1cnc(-c2cc(C(F)(F)F)cc(C(F)(F)F)c2)n(CC(OC)OC)c1=O. The fourth-order valence-corrected chi connectivity index (χ4v) is 2.62. The van der Waals surface area contributed by atoms with Gasteiger partial charge in [0.1, 0.15) is 11.4 Å². The number of alkyl halides is 6. The van der Waals surface area contributed by atoms with Crippen molar-refractivity contribution in [3.8, 4) is 11.4 Å². The van der Waals surface area contributed by atoms with Gasteiger partial charge in [-0.3, -0.25) is 9.36 Å². The summed E-state index contributed by atoms with van der Waals surface area (Å²) in [4.78, 5) is 28.3. The molecule has 0 saturated carbocycles. The Bertz CT molecular complexity index is 980. The zero-order valence-corrected chi connectivity index (χ0v) is 16.3. The van der Waals surface area contributed by atoms with Crippen LogP contribution < -0.4 is 5.56 Å². The number of benzene rings is 1. The molecule has 0 radical (unpaired) electrons. The van der Waals surface area contributed by atoms with E-state index in [0.717, 1.165) is 7.11 Å². The summed E-state index contributed by atoms with van der Waals surface area (Å²) in [5.74, 6) is -1.66. The Hall–Kier alpha value is -2.93. The fourth-order valence-electron chi connectivity index (χ4n) is 2.62. The highest BCUT2D eigenvalue weighted by atomic mass is 19.4. The highest BCUT2D eigenvalue weighted by Gasteiger charge is 2.37. The molecule has 0 unspecified atom stereocenters. The van der Waals surface area contributed by atoms with Crippen LogP contribution in [-0.2, 0) is 33.1 Å². The van der Waals surface area contributed by atoms with Gasteiger partial charge in [0.05, 0.1) is 24.8 Å². The zero-order valence-electron chi connectivity index (χ0n) is 16.3. The number of carbonyl (C=O) groups excluding carboxylic acids is 1. The summed E-state index contributed by atoms with van der Waals surface area (Å²) in [6.07, 6.45) is -10.6. The lowest BCUT2D eigenvalue weighted by molar-refractivity contribution is -0.143. The van der Waals surface area contributed by atoms with Gasteiger partial charge >= 0.3 is 18.3 Å². The van der Waals surface area contributed by atoms with Crippen molar-refractivity contribution in [2.45, 2.75) is 25.2 Å². The first-order chi connectivity index (χ1) is 14.3. The molecule has 1 aromatic carbocycles. The maximum absolute atomic E-state index is 13.2. The molecular formula is C18H16F6N2O5. The maximum atomic E-state index is 13.2. The molecule has 0 aliphatic carbocycles. The minimum absolute atomic E-state index is 0.0537. The molecule has 31 heavy (non-hydrogen) atoms. The Morgan fingerprint density at radius 1 is 1.00 bits per heavy atom. The van der Waals surface area contributed by atoms with Crippen LogP contribution >= 0.6 is 0 Å². The van der Waals surface area contributed by atoms with E-state index >= 15 is 0 Å². The number of esters is 1. The zero-order chi connectivity index (χ0) is 23.6. The molecule has 0 atom stereocenters. The van der Waals surface area contributed by atoms with Crippen LogP contribution in [0.2, 0.25) is 0 Å². The number of methoxy groups -OCH3 is 3. The third kappa shape index (κ3) is 5.41. The minimum Gasteiger partial charge on any atom is -0.465 e. The van der Waals surface area contributed by atoms with E-state index < -0.39 is 64.8 Å². The number of hydrogen-bond donors (Lipinski definition) is 0. The second-order valence-corrected chi connectivity index (χ2v) is 6.10. The third-order valence-corrected chi connectivity index (χ3v) is 4.16. The summed E-state index contributed by atoms with van der Waals surface area (Å²) < 4.78 is 94.3. The average Bonchev–Trinajstić information content (AvgIpc) is 2.70. The smallest absolute Gasteiger partial charge is 0.416 e. The molecule has 0 saturated heterocycles. The Morgan fingerprint density at radius 2 is 1.52 bits per heavy atom. The first-order valence-corrected chi connectivity index (χ1v) is 8.37. The van der Waals surface area contributed by atoms with Crippen LogP contribution in [0.1, 0.15) is 21.5 Å². The average molecular weight is 454 g/mol. The molecule has 0 bridgehead atoms. The Morgan fingerprint density at radius 3 is 1.94 bits per heavy atom. The minimum atomic E-state index is -5.10. The summed E-state index contributed by atoms with van der Waals surface area (Å²) in [5.41, 5.74) is -5.49. The van der Waals surface area contributed by atoms with E-state index in [-0.39, 0.29) is 6.07 Å². The number of aromatic nitrogens is 2. The predicted molar refractivity (Wildman–Crippen MR) is 93.1 cm³/mol. The van der Waals surface area contributed by atoms with Gasteiger partial charge in [0.2, 0.25) is 0 Å². The van der Waals surface area contributed by atoms with Crippen LogP contribution in [0.3, 0.4) is 0 Å². The fraction of sp³-hybridized carbons (Fsp3) is 0.389. The molecule has 2 rings (SSSR count). The van der Waals surface area contributed by atoms with Gasteiger partial charge in [0.25, 0.3) is 5.56 Å². The Balaban J connectivity index is 2.84. The summed E-state index contributed by atoms with van der Waals surface area (Å²) in [5, 5.41) is 0. The Kier molecular flexibility index (Phi) is 7.11. The van der Waals surface area contributed by atoms with Gasteiger partial charge < -0.3 is 14.2 Å². The topological polar surface area (TPSA) is 79.7 Å². The van der Waals surface area contributed by atoms with Crippen LogP contribution in [0, 0.1) is 0 Å². The monoisotopic (exact) mass is 454 g/mol. The summed E-state index contributed by atoms with van der Waals surface area (Å²) in [6.45, 7) is -0.489. The molecule has 0 aliphatic rings. The van der Waals surface area contributed by atoms with E-state index in [2.05, 4.69) is 9.72 Å². The molecule has 170 valence electrons. The molecule has 0 N–H and O–H groups in total. The van der Waals surface area contributed by atoms with Crippen molar-refractivity contribution < 1.29 is 45.3 Å². The molecule has 1 heterocycles. The molecule has 0 fully saturated rings. The lowest BCUT2D eigenvalue weighted by Gasteiger charge is -2.20. The van der Waals surface area contributed by atoms with E-state index in [9.17, 15) is 35.9 Å². The van der Waals surface area contributed by atoms with Gasteiger partial charge in [-0.2, -0.15) is 26.3 Å². The molecule has 0 amide bonds. The van der Waals surface area contributed by atoms with Crippen LogP contribution in [0.25, 0.3) is 11.4 Å². The molecule has 1 aromatic heterocycles. The van der Waals surface area contributed by atoms with Crippen LogP contribution in [-0.4, -0.2) is 43.1 Å². The third-order valence-electron chi connectivity index (χ3n) is 4.16. The van der Waals surface area contributed by atoms with Crippen molar-refractivity contribution in [3.63, 3.8) is 0 Å². The predicted octanol–water partition coefficient (Wildman–Crippen LogP) is 3.35. The van der Waals surface area contributed by atoms with Gasteiger partial charge in [-0.25, -0.2) is 9.78 Å². The van der Waals surface area contributed by atoms with E-state index in [1.165, 1.54) is 14.2 Å². The van der Waals surface area contributed by atoms with Crippen molar-refractivity contribution >= 4 is 5.97 Å². The second-order valence-electron chi connectivity index (χ2n) is 6.10. The van der Waals surface area contributed by atoms with E-state index in [1.54, 1.807) is 0 Å². The van der Waals surface area contributed by atoms with Gasteiger partial charge in [-0.1, -0.05) is 0 Å². The number of rotatable bonds is 6. The van der Waals surface area contributed by atoms with Gasteiger partial charge in [-0.05, 0) is 18.2 Å². The molecule has 2 aromatic rings. The normalized spacial score (nSPS) is 12.3. The second kappa shape index (κ2) is 9.06. The van der Waals surface area contributed by atoms with E-state index in [4.69, 9.17) is 9.47 Å². The number of nitrogens with zero attached hydrogens (tertiary/aromatic N) is 2. The van der Waals surface area contributed by atoms with Crippen molar-refractivity contribution in [3.05, 3.63) is 51.4 Å². The molecule has 7 nitrogen and oxygen atoms in total. The van der Waals surface area contributed by atoms with Crippen molar-refractivity contribution in [1.82, 2.24) is 9.55 Å². The molecular weight excluding hydrogens is 438 g/mol. The van der Waals surface area contributed by atoms with Crippen LogP contribution in [0.15, 0.2) is 29.2 Å². The Labute approximate surface area is 171 Å². The molecule has 0 aliphatic heterocycles. The van der Waals surface area contributed by atoms with E-state index in [1.807, 2.05) is 0 Å². The highest BCUT2D eigenvalue weighted by Crippen LogP contribution is 2.38. The van der Waals surface area contributed by atoms with Gasteiger partial charge in [0, 0.05) is 26.0 Å². The lowest BCUT2D eigenvalue weighted by Crippen LogP contribution is -2.34. The van der Waals surface area contributed by atoms with Crippen molar-refractivity contribution in [1.29, 1.82) is 0 Å². The number of halogens is 6. The largest absolute Gasteiger partial charge is 0.465 e. The van der Waals surface area contributed by atoms with Crippen molar-refractivity contribution in [2.75, 3.05) is 21.3 Å². The number of ether oxygens (including phenoxy) is 3. The highest BCUT2D eigenvalue weighted by molar-refractivity contribution is 5.88. The standard InChI is InChI=1S/C18H16F6N2O5/c1-29-13(30-2)8-26-14(25-7-12(15(26)27)16(28)31-3)9-4-10(17(19,20)21)6-11(5-9)18(22,23)24/h4-7,13H,8H2,1-3H3. The summed E-state index contributed by atoms with van der Waals surface area (Å²) in [6, 6.07) is 0.780. The van der Waals surface area contributed by atoms with Crippen LogP contribution in [0.5, 0.6) is 0 Å². The van der Waals surface area contributed by atoms with Crippen molar-refractivity contribution in [2.24, 2.45) is 0 Å². The first kappa shape index (κ1) is 24.3. The number of carbonyl (C=O) groups is 1. The summed E-state index contributed by atoms with van der Waals surface area (Å²) in [7, 11) is 3.38.